The lowest BCUT2D eigenvalue weighted by Crippen LogP contribution is -2.44. The third-order valence-electron chi connectivity index (χ3n) is 2.17. The quantitative estimate of drug-likeness (QED) is 0.719. The van der Waals surface area contributed by atoms with E-state index in [0.717, 1.165) is 0 Å². The number of carbonyl (C=O) groups is 1. The lowest BCUT2D eigenvalue weighted by Gasteiger charge is -2.16. The summed E-state index contributed by atoms with van der Waals surface area (Å²) in [4.78, 5) is 11.1. The van der Waals surface area contributed by atoms with Crippen molar-refractivity contribution in [1.82, 2.24) is 5.32 Å². The van der Waals surface area contributed by atoms with Gasteiger partial charge >= 0.3 is 0 Å². The first-order chi connectivity index (χ1) is 6.02. The number of hydrogen-bond acceptors (Lipinski definition) is 2. The molecule has 13 heavy (non-hydrogen) atoms. The standard InChI is InChI=1S/C8H10F2N2O/c1-5(4-11)6(13)12-8(2-3-8)7(9)10/h5,7H,2-3H2,1H3,(H,12,13). The van der Waals surface area contributed by atoms with Crippen molar-refractivity contribution in [2.75, 3.05) is 0 Å². The minimum Gasteiger partial charge on any atom is -0.344 e. The summed E-state index contributed by atoms with van der Waals surface area (Å²) in [6.07, 6.45) is -1.94. The molecule has 1 aliphatic rings. The van der Waals surface area contributed by atoms with Crippen LogP contribution in [0.5, 0.6) is 0 Å². The Morgan fingerprint density at radius 3 is 2.46 bits per heavy atom. The number of amides is 1. The molecule has 0 aliphatic heterocycles. The molecular weight excluding hydrogens is 178 g/mol. The Morgan fingerprint density at radius 1 is 1.62 bits per heavy atom. The van der Waals surface area contributed by atoms with Crippen LogP contribution in [0.25, 0.3) is 0 Å². The monoisotopic (exact) mass is 188 g/mol. The SMILES string of the molecule is CC(C#N)C(=O)NC1(C(F)F)CC1. The zero-order valence-electron chi connectivity index (χ0n) is 7.18. The Balaban J connectivity index is 2.51. The number of nitriles is 1. The zero-order chi connectivity index (χ0) is 10.1. The highest BCUT2D eigenvalue weighted by molar-refractivity contribution is 5.81. The molecule has 0 aromatic carbocycles. The van der Waals surface area contributed by atoms with Crippen molar-refractivity contribution >= 4 is 5.91 Å². The van der Waals surface area contributed by atoms with Gasteiger partial charge in [0, 0.05) is 0 Å². The van der Waals surface area contributed by atoms with E-state index in [-0.39, 0.29) is 0 Å². The Morgan fingerprint density at radius 2 is 2.15 bits per heavy atom. The zero-order valence-corrected chi connectivity index (χ0v) is 7.18. The van der Waals surface area contributed by atoms with E-state index in [1.165, 1.54) is 6.92 Å². The molecule has 1 fully saturated rings. The molecule has 0 bridgehead atoms. The fraction of sp³-hybridized carbons (Fsp3) is 0.750. The van der Waals surface area contributed by atoms with Gasteiger partial charge in [0.1, 0.15) is 11.5 Å². The van der Waals surface area contributed by atoms with Gasteiger partial charge in [0.15, 0.2) is 0 Å². The highest BCUT2D eigenvalue weighted by Gasteiger charge is 2.52. The second kappa shape index (κ2) is 3.29. The van der Waals surface area contributed by atoms with Crippen molar-refractivity contribution in [2.45, 2.75) is 31.7 Å². The van der Waals surface area contributed by atoms with E-state index in [1.807, 2.05) is 0 Å². The molecular formula is C8H10F2N2O. The van der Waals surface area contributed by atoms with Crippen molar-refractivity contribution in [2.24, 2.45) is 5.92 Å². The normalized spacial score (nSPS) is 20.5. The number of rotatable bonds is 3. The molecule has 0 aromatic rings. The smallest absolute Gasteiger partial charge is 0.261 e. The molecule has 0 saturated heterocycles. The topological polar surface area (TPSA) is 52.9 Å². The summed E-state index contributed by atoms with van der Waals surface area (Å²) >= 11 is 0. The number of hydrogen-bond donors (Lipinski definition) is 1. The molecule has 1 N–H and O–H groups in total. The second-order valence-corrected chi connectivity index (χ2v) is 3.30. The van der Waals surface area contributed by atoms with E-state index in [4.69, 9.17) is 5.26 Å². The fourth-order valence-electron chi connectivity index (χ4n) is 0.945. The second-order valence-electron chi connectivity index (χ2n) is 3.30. The number of halogens is 2. The average molecular weight is 188 g/mol. The van der Waals surface area contributed by atoms with Crippen LogP contribution in [0.4, 0.5) is 8.78 Å². The van der Waals surface area contributed by atoms with E-state index in [1.54, 1.807) is 6.07 Å². The van der Waals surface area contributed by atoms with Gasteiger partial charge in [0.25, 0.3) is 6.43 Å². The first-order valence-corrected chi connectivity index (χ1v) is 4.01. The van der Waals surface area contributed by atoms with Crippen molar-refractivity contribution in [3.8, 4) is 6.07 Å². The van der Waals surface area contributed by atoms with Crippen LogP contribution in [-0.4, -0.2) is 17.9 Å². The molecule has 0 aromatic heterocycles. The van der Waals surface area contributed by atoms with E-state index in [2.05, 4.69) is 5.32 Å². The number of alkyl halides is 2. The van der Waals surface area contributed by atoms with Crippen LogP contribution >= 0.6 is 0 Å². The molecule has 1 amide bonds. The lowest BCUT2D eigenvalue weighted by atomic mass is 10.1. The maximum atomic E-state index is 12.3. The summed E-state index contributed by atoms with van der Waals surface area (Å²) in [5.41, 5.74) is -1.33. The fourth-order valence-corrected chi connectivity index (χ4v) is 0.945. The molecule has 1 rings (SSSR count). The van der Waals surface area contributed by atoms with E-state index < -0.39 is 23.8 Å². The van der Waals surface area contributed by atoms with Gasteiger partial charge in [-0.3, -0.25) is 4.79 Å². The molecule has 1 unspecified atom stereocenters. The summed E-state index contributed by atoms with van der Waals surface area (Å²) in [6, 6.07) is 1.70. The predicted molar refractivity (Wildman–Crippen MR) is 40.9 cm³/mol. The Hall–Kier alpha value is -1.18. The highest BCUT2D eigenvalue weighted by Crippen LogP contribution is 2.41. The Bertz CT molecular complexity index is 255. The van der Waals surface area contributed by atoms with Crippen LogP contribution in [-0.2, 0) is 4.79 Å². The lowest BCUT2D eigenvalue weighted by molar-refractivity contribution is -0.125. The van der Waals surface area contributed by atoms with Crippen LogP contribution in [0.2, 0.25) is 0 Å². The number of carbonyl (C=O) groups excluding carboxylic acids is 1. The highest BCUT2D eigenvalue weighted by atomic mass is 19.3. The van der Waals surface area contributed by atoms with Gasteiger partial charge < -0.3 is 5.32 Å². The van der Waals surface area contributed by atoms with Crippen molar-refractivity contribution in [3.63, 3.8) is 0 Å². The molecule has 1 saturated carbocycles. The maximum Gasteiger partial charge on any atom is 0.261 e. The van der Waals surface area contributed by atoms with Crippen molar-refractivity contribution in [1.29, 1.82) is 5.26 Å². The maximum absolute atomic E-state index is 12.3. The minimum absolute atomic E-state index is 0.300. The molecule has 72 valence electrons. The third-order valence-corrected chi connectivity index (χ3v) is 2.17. The van der Waals surface area contributed by atoms with E-state index >= 15 is 0 Å². The van der Waals surface area contributed by atoms with Crippen LogP contribution in [0.1, 0.15) is 19.8 Å². The summed E-state index contributed by atoms with van der Waals surface area (Å²) in [5, 5.41) is 10.6. The molecule has 0 heterocycles. The van der Waals surface area contributed by atoms with Crippen LogP contribution < -0.4 is 5.32 Å². The van der Waals surface area contributed by atoms with Crippen LogP contribution in [0.3, 0.4) is 0 Å². The molecule has 1 aliphatic carbocycles. The Kier molecular flexibility index (Phi) is 2.50. The largest absolute Gasteiger partial charge is 0.344 e. The van der Waals surface area contributed by atoms with Gasteiger partial charge in [-0.1, -0.05) is 0 Å². The number of nitrogens with zero attached hydrogens (tertiary/aromatic N) is 1. The van der Waals surface area contributed by atoms with Crippen molar-refractivity contribution in [3.05, 3.63) is 0 Å². The van der Waals surface area contributed by atoms with Gasteiger partial charge in [-0.15, -0.1) is 0 Å². The molecule has 0 spiro atoms. The molecule has 1 atom stereocenters. The van der Waals surface area contributed by atoms with E-state index in [9.17, 15) is 13.6 Å². The molecule has 0 radical (unpaired) electrons. The van der Waals surface area contributed by atoms with Gasteiger partial charge in [-0.2, -0.15) is 5.26 Å². The van der Waals surface area contributed by atoms with Gasteiger partial charge in [0.2, 0.25) is 5.91 Å². The minimum atomic E-state index is -2.54. The first kappa shape index (κ1) is 9.90. The Labute approximate surface area is 74.7 Å². The first-order valence-electron chi connectivity index (χ1n) is 4.01. The van der Waals surface area contributed by atoms with Crippen LogP contribution in [0, 0.1) is 17.2 Å². The van der Waals surface area contributed by atoms with E-state index in [0.29, 0.717) is 12.8 Å². The van der Waals surface area contributed by atoms with Gasteiger partial charge in [-0.05, 0) is 19.8 Å². The van der Waals surface area contributed by atoms with Gasteiger partial charge in [0.05, 0.1) is 6.07 Å². The van der Waals surface area contributed by atoms with Gasteiger partial charge in [-0.25, -0.2) is 8.78 Å². The number of nitrogens with one attached hydrogen (secondary N) is 1. The van der Waals surface area contributed by atoms with Crippen LogP contribution in [0.15, 0.2) is 0 Å². The summed E-state index contributed by atoms with van der Waals surface area (Å²) in [7, 11) is 0. The third kappa shape index (κ3) is 1.94. The summed E-state index contributed by atoms with van der Waals surface area (Å²) in [5.74, 6) is -1.48. The molecule has 3 nitrogen and oxygen atoms in total. The predicted octanol–water partition coefficient (Wildman–Crippen LogP) is 1.06. The average Bonchev–Trinajstić information content (AvgIpc) is 2.84. The summed E-state index contributed by atoms with van der Waals surface area (Å²) in [6.45, 7) is 1.39. The molecule has 5 heteroatoms. The van der Waals surface area contributed by atoms with Crippen molar-refractivity contribution < 1.29 is 13.6 Å². The summed E-state index contributed by atoms with van der Waals surface area (Å²) < 4.78 is 24.6.